The molecule has 0 radical (unpaired) electrons. The summed E-state index contributed by atoms with van der Waals surface area (Å²) in [5.41, 5.74) is 1.58. The molecular formula is C70H119ClN12O14P2S4. The number of hydrogen-bond acceptors (Lipinski definition) is 26. The third-order valence-electron chi connectivity index (χ3n) is 14.1. The quantitative estimate of drug-likeness (QED) is 0.0130. The Kier molecular flexibility index (Phi) is 42.7. The molecule has 0 bridgehead atoms. The minimum Gasteiger partial charge on any atom is -0.484 e. The number of hydrogen-bond donors (Lipinski definition) is 6. The molecule has 4 unspecified atom stereocenters. The standard InChI is InChI=1S/C33H51N6O6PS2.C19H21N5O5.C8H18OS2.C7H17ClNP.2CH4O.CH4/c1-22(2)39(23(3)4)46(43-17-13-14-18-47-48-33(6,7)8)45-28-24(5)44-32(29(28)41-9)38-21-36-27-30(34-20-35-31(27)38)37-26(40)19-42-25-15-11-10-12-16-25;1-11-15(26)16(27-2)19(29-11)24-10-22-14-17(20-9-21-18(14)24)23-13(25)8-28-12-6-4-3-5-7-12;1-8(2,3)11-10-7-5-4-6-9;1-6(2)9(7(3)4)10(5)8;2*1-2;/h10-12,15-16,20-24,28-29,32H,13-14,17-19H2,1-9H3,(H,34,35,37,40);3-7,9-11,15-16,19,26H,8H2,1-2H3,(H,20,21,23,25);9H,4-7H2,1-3H3;6-7H,1-5H3;2*2H,1H3;1H4/t24-,28?,29+,32-,46?;11-,15?,16+,19-;;;;;/m11...../s1/i5D;1D;;;2*2T;. The fraction of sp³-hybridized carbons (Fsp3) is 0.657. The normalized spacial score (nSPS) is 19.8. The molecule has 0 spiro atoms. The molecular weight excluding hydrogens is 1460 g/mol. The number of nitrogens with zero attached hydrogens (tertiary/aromatic N) is 10. The zero-order valence-corrected chi connectivity index (χ0v) is 68.5. The number of halogens is 1. The lowest BCUT2D eigenvalue weighted by Crippen LogP contribution is -2.39. The van der Waals surface area contributed by atoms with Gasteiger partial charge in [-0.25, -0.2) is 34.6 Å². The van der Waals surface area contributed by atoms with Crippen LogP contribution >= 0.6 is 70.4 Å². The SMILES string of the molecule is C.CC(C)(C)SSCCCCO.CC(C)N(C(C)C)P(C)Cl.[2H]C[C@H]1O[C@@H](n2cnc3c(NC(=O)COc4ccccc4)ncnc32)[C@@H](OC)C1O.[2H]C[C@H]1O[C@@H](n2cnc3c(NC(=O)COc4ccccc4)ncnc32)[C@@H](OC)C1OP(OCCCCSSC(C)(C)C)N(C(C)C)C(C)C.[3H]OC.[3H]OC. The molecule has 2 aliphatic heterocycles. The fourth-order valence-corrected chi connectivity index (χ4v) is 19.0. The van der Waals surface area contributed by atoms with E-state index in [-0.39, 0.29) is 68.8 Å². The summed E-state index contributed by atoms with van der Waals surface area (Å²) < 4.78 is 83.8. The fourth-order valence-electron chi connectivity index (χ4n) is 10.0. The molecule has 6 aromatic rings. The summed E-state index contributed by atoms with van der Waals surface area (Å²) in [6.45, 7) is 33.0. The van der Waals surface area contributed by atoms with Crippen molar-refractivity contribution in [3.8, 4) is 11.5 Å². The van der Waals surface area contributed by atoms with Crippen molar-refractivity contribution in [2.45, 2.75) is 227 Å². The summed E-state index contributed by atoms with van der Waals surface area (Å²) in [7, 11) is 11.3. The number of aliphatic hydroxyl groups is 4. The van der Waals surface area contributed by atoms with E-state index >= 15 is 0 Å². The van der Waals surface area contributed by atoms with Crippen molar-refractivity contribution in [2.24, 2.45) is 0 Å². The number of unbranched alkanes of at least 4 members (excludes halogenated alkanes) is 2. The summed E-state index contributed by atoms with van der Waals surface area (Å²) in [6, 6.07) is 19.6. The maximum atomic E-state index is 12.7. The summed E-state index contributed by atoms with van der Waals surface area (Å²) in [5, 5.41) is 31.3. The number of benzene rings is 2. The number of methoxy groups -OCH3 is 2. The lowest BCUT2D eigenvalue weighted by molar-refractivity contribution is -0.118. The van der Waals surface area contributed by atoms with E-state index < -0.39 is 70.9 Å². The second-order valence-electron chi connectivity index (χ2n) is 25.8. The van der Waals surface area contributed by atoms with Gasteiger partial charge in [-0.05, 0) is 126 Å². The van der Waals surface area contributed by atoms with Crippen LogP contribution in [-0.2, 0) is 37.6 Å². The van der Waals surface area contributed by atoms with Crippen LogP contribution in [0.5, 0.6) is 11.5 Å². The van der Waals surface area contributed by atoms with Gasteiger partial charge >= 0.3 is 0 Å². The Morgan fingerprint density at radius 1 is 0.660 bits per heavy atom. The third-order valence-corrected chi connectivity index (χ3v) is 25.1. The number of imidazole rings is 2. The number of anilines is 2. The predicted molar refractivity (Wildman–Crippen MR) is 427 cm³/mol. The maximum absolute atomic E-state index is 12.7. The highest BCUT2D eigenvalue weighted by molar-refractivity contribution is 8.77. The first-order chi connectivity index (χ1) is 50.4. The predicted octanol–water partition coefficient (Wildman–Crippen LogP) is 14.7. The molecule has 4 aromatic heterocycles. The Balaban J connectivity index is 0.000000562. The summed E-state index contributed by atoms with van der Waals surface area (Å²) in [4.78, 5) is 50.9. The zero-order valence-electron chi connectivity index (χ0n) is 66.7. The van der Waals surface area contributed by atoms with Crippen LogP contribution in [0.1, 0.15) is 159 Å². The highest BCUT2D eigenvalue weighted by atomic mass is 35.7. The first-order valence-corrected chi connectivity index (χ1v) is 42.0. The summed E-state index contributed by atoms with van der Waals surface area (Å²) >= 11 is 6.02. The highest BCUT2D eigenvalue weighted by Crippen LogP contribution is 2.51. The zero-order chi connectivity index (χ0) is 79.1. The smallest absolute Gasteiger partial charge is 0.263 e. The minimum atomic E-state index is -1.50. The molecule has 0 saturated carbocycles. The van der Waals surface area contributed by atoms with Gasteiger partial charge in [0.2, 0.25) is 2.86 Å². The van der Waals surface area contributed by atoms with Crippen LogP contribution in [0.25, 0.3) is 22.3 Å². The van der Waals surface area contributed by atoms with Gasteiger partial charge in [0.25, 0.3) is 20.3 Å². The second kappa shape index (κ2) is 50.0. The average molecular weight is 1580 g/mol. The van der Waals surface area contributed by atoms with Gasteiger partial charge in [0.05, 0.1) is 38.9 Å². The van der Waals surface area contributed by atoms with Crippen molar-refractivity contribution in [3.05, 3.63) is 86.0 Å². The lowest BCUT2D eigenvalue weighted by Gasteiger charge is -2.38. The largest absolute Gasteiger partial charge is 0.484 e. The van der Waals surface area contributed by atoms with E-state index in [1.165, 1.54) is 40.3 Å². The molecule has 6 heterocycles. The number of fused-ring (bicyclic) bond motifs is 2. The van der Waals surface area contributed by atoms with E-state index in [1.807, 2.05) is 79.6 Å². The summed E-state index contributed by atoms with van der Waals surface area (Å²) in [6.07, 6.45) is 4.22. The summed E-state index contributed by atoms with van der Waals surface area (Å²) in [5.74, 6) is 3.07. The van der Waals surface area contributed by atoms with Crippen molar-refractivity contribution in [1.29, 1.82) is 2.86 Å². The third kappa shape index (κ3) is 32.5. The molecule has 26 nitrogen and oxygen atoms in total. The van der Waals surface area contributed by atoms with Gasteiger partial charge in [-0.2, -0.15) is 0 Å². The van der Waals surface area contributed by atoms with Crippen molar-refractivity contribution >= 4 is 116 Å². The Morgan fingerprint density at radius 2 is 1.08 bits per heavy atom. The molecule has 0 aliphatic carbocycles. The van der Waals surface area contributed by atoms with Gasteiger partial charge in [0.1, 0.15) is 48.6 Å². The number of ether oxygens (including phenoxy) is 6. The van der Waals surface area contributed by atoms with E-state index in [4.69, 9.17) is 59.4 Å². The molecule has 10 atom stereocenters. The number of aliphatic hydroxyl groups excluding tert-OH is 4. The Bertz CT molecular complexity index is 3330. The maximum Gasteiger partial charge on any atom is 0.263 e. The number of nitrogens with one attached hydrogen (secondary N) is 2. The van der Waals surface area contributed by atoms with E-state index in [0.717, 1.165) is 37.2 Å². The first-order valence-electron chi connectivity index (χ1n) is 35.8. The molecule has 2 aliphatic rings. The molecule has 6 N–H and O–H groups in total. The molecule has 2 saturated heterocycles. The molecule has 8 rings (SSSR count). The molecule has 2 fully saturated rings. The topological polar surface area (TPSA) is 307 Å². The van der Waals surface area contributed by atoms with Gasteiger partial charge in [-0.1, -0.05) is 140 Å². The number of amides is 2. The van der Waals surface area contributed by atoms with E-state index in [2.05, 4.69) is 164 Å². The first kappa shape index (κ1) is 88.1. The monoisotopic (exact) mass is 1580 g/mol. The van der Waals surface area contributed by atoms with Crippen LogP contribution in [0.4, 0.5) is 11.6 Å². The molecule has 2 aromatic carbocycles. The Morgan fingerprint density at radius 3 is 1.46 bits per heavy atom. The molecule has 2 amide bonds. The van der Waals surface area contributed by atoms with E-state index in [0.29, 0.717) is 63.9 Å². The number of carbonyl (C=O) groups excluding carboxylic acids is 2. The van der Waals surface area contributed by atoms with Gasteiger partial charge in [-0.3, -0.25) is 23.4 Å². The number of para-hydroxylation sites is 2. The molecule has 584 valence electrons. The van der Waals surface area contributed by atoms with Crippen molar-refractivity contribution < 1.29 is 70.2 Å². The van der Waals surface area contributed by atoms with Crippen LogP contribution in [0.15, 0.2) is 86.0 Å². The van der Waals surface area contributed by atoms with Gasteiger partial charge in [0, 0.05) is 83.0 Å². The molecule has 103 heavy (non-hydrogen) atoms. The van der Waals surface area contributed by atoms with Crippen molar-refractivity contribution in [3.63, 3.8) is 0 Å². The van der Waals surface area contributed by atoms with Crippen LogP contribution < -0.4 is 20.1 Å². The van der Waals surface area contributed by atoms with Gasteiger partial charge in [-0.15, -0.1) is 0 Å². The van der Waals surface area contributed by atoms with Crippen molar-refractivity contribution in [1.82, 2.24) is 48.4 Å². The van der Waals surface area contributed by atoms with Crippen molar-refractivity contribution in [2.75, 3.05) is 83.7 Å². The number of aromatic nitrogens is 8. The Hall–Kier alpha value is -3.85. The van der Waals surface area contributed by atoms with Crippen LogP contribution in [-0.4, -0.2) is 227 Å². The van der Waals surface area contributed by atoms with Gasteiger partial charge < -0.3 is 68.5 Å². The number of rotatable bonds is 32. The Labute approximate surface area is 641 Å². The van der Waals surface area contributed by atoms with E-state index in [9.17, 15) is 14.7 Å². The minimum absolute atomic E-state index is 0. The van der Waals surface area contributed by atoms with Gasteiger partial charge in [0.15, 0.2) is 59.6 Å². The average Bonchev–Trinajstić information content (AvgIpc) is 1.62. The second-order valence-corrected chi connectivity index (χ2v) is 36.5. The van der Waals surface area contributed by atoms with Crippen LogP contribution in [0.3, 0.4) is 0 Å². The highest BCUT2D eigenvalue weighted by Gasteiger charge is 2.48. The number of carbonyl (C=O) groups is 2. The lowest BCUT2D eigenvalue weighted by atomic mass is 10.1. The van der Waals surface area contributed by atoms with E-state index in [1.54, 1.807) is 46.8 Å². The van der Waals surface area contributed by atoms with Crippen LogP contribution in [0, 0.1) is 0 Å². The van der Waals surface area contributed by atoms with Crippen LogP contribution in [0.2, 0.25) is 0 Å². The molecule has 33 heteroatoms.